The van der Waals surface area contributed by atoms with Gasteiger partial charge >= 0.3 is 0 Å². The Labute approximate surface area is 85.1 Å². The normalized spacial score (nSPS) is 16.4. The highest BCUT2D eigenvalue weighted by Crippen LogP contribution is 2.21. The van der Waals surface area contributed by atoms with E-state index in [4.69, 9.17) is 5.41 Å². The van der Waals surface area contributed by atoms with Crippen molar-refractivity contribution in [1.82, 2.24) is 0 Å². The summed E-state index contributed by atoms with van der Waals surface area (Å²) in [4.78, 5) is 2.10. The molecule has 0 saturated carbocycles. The summed E-state index contributed by atoms with van der Waals surface area (Å²) < 4.78 is 0. The van der Waals surface area contributed by atoms with Gasteiger partial charge in [0.2, 0.25) is 0 Å². The van der Waals surface area contributed by atoms with Gasteiger partial charge in [0.25, 0.3) is 0 Å². The van der Waals surface area contributed by atoms with E-state index in [0.29, 0.717) is 0 Å². The number of amidine groups is 1. The predicted octanol–water partition coefficient (Wildman–Crippen LogP) is 2.83. The molecule has 2 rings (SSSR count). The van der Waals surface area contributed by atoms with Crippen LogP contribution in [-0.4, -0.2) is 12.4 Å². The molecule has 0 aromatic heterocycles. The van der Waals surface area contributed by atoms with Crippen LogP contribution in [-0.2, 0) is 6.42 Å². The molecule has 0 atom stereocenters. The first-order valence-electron chi connectivity index (χ1n) is 5.25. The van der Waals surface area contributed by atoms with E-state index in [9.17, 15) is 0 Å². The molecule has 1 saturated heterocycles. The topological polar surface area (TPSA) is 27.1 Å². The summed E-state index contributed by atoms with van der Waals surface area (Å²) >= 11 is 0. The monoisotopic (exact) mass is 188 g/mol. The maximum atomic E-state index is 7.77. The molecule has 1 heterocycles. The lowest BCUT2D eigenvalue weighted by Gasteiger charge is -2.17. The molecule has 1 aromatic rings. The zero-order valence-corrected chi connectivity index (χ0v) is 8.59. The number of benzene rings is 1. The van der Waals surface area contributed by atoms with E-state index < -0.39 is 0 Å². The minimum Gasteiger partial charge on any atom is -0.330 e. The first kappa shape index (κ1) is 9.25. The summed E-state index contributed by atoms with van der Waals surface area (Å²) in [6.45, 7) is 3.16. The number of hydrogen-bond acceptors (Lipinski definition) is 1. The zero-order chi connectivity index (χ0) is 9.97. The molecule has 0 amide bonds. The standard InChI is InChI=1S/C12H16N2/c1-2-10-5-7-11(8-6-10)14-9-3-4-12(14)13/h5-8,13H,2-4,9H2,1H3. The summed E-state index contributed by atoms with van der Waals surface area (Å²) in [7, 11) is 0. The summed E-state index contributed by atoms with van der Waals surface area (Å²) in [5.41, 5.74) is 2.53. The highest BCUT2D eigenvalue weighted by atomic mass is 15.2. The molecule has 14 heavy (non-hydrogen) atoms. The van der Waals surface area contributed by atoms with Crippen molar-refractivity contribution in [3.8, 4) is 0 Å². The summed E-state index contributed by atoms with van der Waals surface area (Å²) in [5, 5.41) is 7.77. The minimum absolute atomic E-state index is 0.759. The zero-order valence-electron chi connectivity index (χ0n) is 8.59. The number of hydrogen-bond donors (Lipinski definition) is 1. The second kappa shape index (κ2) is 3.82. The van der Waals surface area contributed by atoms with Gasteiger partial charge in [0, 0.05) is 18.7 Å². The largest absolute Gasteiger partial charge is 0.330 e. The molecule has 0 radical (unpaired) electrons. The molecule has 1 aliphatic rings. The predicted molar refractivity (Wildman–Crippen MR) is 60.1 cm³/mol. The molecular formula is C12H16N2. The van der Waals surface area contributed by atoms with Gasteiger partial charge in [-0.3, -0.25) is 5.41 Å². The van der Waals surface area contributed by atoms with Crippen molar-refractivity contribution in [2.75, 3.05) is 11.4 Å². The average Bonchev–Trinajstić information content (AvgIpc) is 2.65. The van der Waals surface area contributed by atoms with Crippen LogP contribution in [0, 0.1) is 5.41 Å². The van der Waals surface area contributed by atoms with Crippen molar-refractivity contribution in [3.05, 3.63) is 29.8 Å². The van der Waals surface area contributed by atoms with Gasteiger partial charge in [-0.1, -0.05) is 19.1 Å². The molecule has 0 bridgehead atoms. The first-order valence-corrected chi connectivity index (χ1v) is 5.25. The second-order valence-corrected chi connectivity index (χ2v) is 3.72. The van der Waals surface area contributed by atoms with Crippen molar-refractivity contribution in [2.45, 2.75) is 26.2 Å². The van der Waals surface area contributed by atoms with Gasteiger partial charge in [-0.25, -0.2) is 0 Å². The van der Waals surface area contributed by atoms with Crippen LogP contribution < -0.4 is 4.90 Å². The van der Waals surface area contributed by atoms with Crippen molar-refractivity contribution in [1.29, 1.82) is 5.41 Å². The fraction of sp³-hybridized carbons (Fsp3) is 0.417. The number of nitrogens with zero attached hydrogens (tertiary/aromatic N) is 1. The van der Waals surface area contributed by atoms with Gasteiger partial charge in [0.15, 0.2) is 0 Å². The minimum atomic E-state index is 0.759. The van der Waals surface area contributed by atoms with Gasteiger partial charge in [0.1, 0.15) is 5.84 Å². The van der Waals surface area contributed by atoms with Crippen LogP contribution in [0.15, 0.2) is 24.3 Å². The molecule has 0 aliphatic carbocycles. The maximum Gasteiger partial charge on any atom is 0.100 e. The van der Waals surface area contributed by atoms with Crippen LogP contribution in [0.4, 0.5) is 5.69 Å². The highest BCUT2D eigenvalue weighted by Gasteiger charge is 2.17. The molecule has 0 unspecified atom stereocenters. The molecule has 1 fully saturated rings. The quantitative estimate of drug-likeness (QED) is 0.759. The van der Waals surface area contributed by atoms with Crippen LogP contribution in [0.5, 0.6) is 0 Å². The molecule has 1 aliphatic heterocycles. The lowest BCUT2D eigenvalue weighted by molar-refractivity contribution is 0.956. The van der Waals surface area contributed by atoms with Crippen molar-refractivity contribution in [2.24, 2.45) is 0 Å². The third-order valence-electron chi connectivity index (χ3n) is 2.78. The van der Waals surface area contributed by atoms with Crippen LogP contribution in [0.3, 0.4) is 0 Å². The van der Waals surface area contributed by atoms with Gasteiger partial charge < -0.3 is 4.90 Å². The van der Waals surface area contributed by atoms with Gasteiger partial charge in [0.05, 0.1) is 0 Å². The van der Waals surface area contributed by atoms with Crippen molar-refractivity contribution >= 4 is 11.5 Å². The third kappa shape index (κ3) is 1.65. The number of aryl methyl sites for hydroxylation is 1. The highest BCUT2D eigenvalue weighted by molar-refractivity contribution is 5.97. The van der Waals surface area contributed by atoms with Crippen LogP contribution in [0.2, 0.25) is 0 Å². The lowest BCUT2D eigenvalue weighted by atomic mass is 10.1. The van der Waals surface area contributed by atoms with E-state index in [2.05, 4.69) is 36.1 Å². The maximum absolute atomic E-state index is 7.77. The van der Waals surface area contributed by atoms with Crippen LogP contribution in [0.1, 0.15) is 25.3 Å². The van der Waals surface area contributed by atoms with Crippen LogP contribution in [0.25, 0.3) is 0 Å². The number of rotatable bonds is 2. The Morgan fingerprint density at radius 2 is 2.00 bits per heavy atom. The Hall–Kier alpha value is -1.31. The summed E-state index contributed by atoms with van der Waals surface area (Å²) in [6, 6.07) is 8.55. The van der Waals surface area contributed by atoms with E-state index in [1.54, 1.807) is 0 Å². The molecule has 2 heteroatoms. The Kier molecular flexibility index (Phi) is 2.53. The van der Waals surface area contributed by atoms with Gasteiger partial charge in [-0.05, 0) is 30.5 Å². The Bertz CT molecular complexity index is 327. The molecule has 0 spiro atoms. The fourth-order valence-corrected chi connectivity index (χ4v) is 1.87. The van der Waals surface area contributed by atoms with E-state index >= 15 is 0 Å². The number of nitrogens with one attached hydrogen (secondary N) is 1. The summed E-state index contributed by atoms with van der Waals surface area (Å²) in [5.74, 6) is 0.759. The first-order chi connectivity index (χ1) is 6.81. The van der Waals surface area contributed by atoms with E-state index in [-0.39, 0.29) is 0 Å². The Morgan fingerprint density at radius 1 is 1.29 bits per heavy atom. The number of anilines is 1. The smallest absolute Gasteiger partial charge is 0.100 e. The third-order valence-corrected chi connectivity index (χ3v) is 2.78. The van der Waals surface area contributed by atoms with Crippen molar-refractivity contribution < 1.29 is 0 Å². The second-order valence-electron chi connectivity index (χ2n) is 3.72. The van der Waals surface area contributed by atoms with Gasteiger partial charge in [-0.2, -0.15) is 0 Å². The molecular weight excluding hydrogens is 172 g/mol. The molecule has 1 aromatic carbocycles. The van der Waals surface area contributed by atoms with E-state index in [1.165, 1.54) is 11.3 Å². The molecule has 74 valence electrons. The Morgan fingerprint density at radius 3 is 2.50 bits per heavy atom. The lowest BCUT2D eigenvalue weighted by Crippen LogP contribution is -2.22. The summed E-state index contributed by atoms with van der Waals surface area (Å²) in [6.07, 6.45) is 3.13. The molecule has 2 nitrogen and oxygen atoms in total. The SMILES string of the molecule is CCc1ccc(N2CCCC2=N)cc1. The van der Waals surface area contributed by atoms with Crippen molar-refractivity contribution in [3.63, 3.8) is 0 Å². The van der Waals surface area contributed by atoms with E-state index in [0.717, 1.165) is 31.6 Å². The average molecular weight is 188 g/mol. The van der Waals surface area contributed by atoms with Gasteiger partial charge in [-0.15, -0.1) is 0 Å². The molecule has 1 N–H and O–H groups in total. The fourth-order valence-electron chi connectivity index (χ4n) is 1.87. The van der Waals surface area contributed by atoms with E-state index in [1.807, 2.05) is 0 Å². The Balaban J connectivity index is 2.20. The van der Waals surface area contributed by atoms with Crippen LogP contribution >= 0.6 is 0 Å².